The normalized spacial score (nSPS) is 30.2. The summed E-state index contributed by atoms with van der Waals surface area (Å²) in [6.07, 6.45) is 13.6. The Bertz CT molecular complexity index is 1760. The summed E-state index contributed by atoms with van der Waals surface area (Å²) in [5.41, 5.74) is -0.217. The number of hydrogen-bond acceptors (Lipinski definition) is 8. The first-order valence-electron chi connectivity index (χ1n) is 19.3. The number of carbonyl (C=O) groups excluding carboxylic acids is 5. The van der Waals surface area contributed by atoms with Crippen LogP contribution in [0, 0.1) is 53.3 Å². The van der Waals surface area contributed by atoms with Gasteiger partial charge in [-0.05, 0) is 72.6 Å². The number of nitrogens with one attached hydrogen (secondary N) is 4. The summed E-state index contributed by atoms with van der Waals surface area (Å²) in [5.74, 6) is 0.553. The minimum absolute atomic E-state index is 0.0738. The lowest BCUT2D eigenvalue weighted by Gasteiger charge is -2.36. The molecule has 8 atom stereocenters. The molecule has 4 aliphatic carbocycles. The van der Waals surface area contributed by atoms with Crippen molar-refractivity contribution in [2.75, 3.05) is 26.7 Å². The van der Waals surface area contributed by atoms with Gasteiger partial charge in [0.1, 0.15) is 22.3 Å². The zero-order valence-corrected chi connectivity index (χ0v) is 33.1. The van der Waals surface area contributed by atoms with E-state index in [-0.39, 0.29) is 52.8 Å². The van der Waals surface area contributed by atoms with Crippen LogP contribution in [-0.2, 0) is 29.2 Å². The predicted molar refractivity (Wildman–Crippen MR) is 204 cm³/mol. The smallest absolute Gasteiger partial charge is 0.315 e. The number of sulfonamides is 1. The number of terminal acetylenes is 1. The van der Waals surface area contributed by atoms with E-state index in [0.717, 1.165) is 62.7 Å². The highest BCUT2D eigenvalue weighted by Gasteiger charge is 2.85. The Morgan fingerprint density at radius 2 is 1.80 bits per heavy atom. The van der Waals surface area contributed by atoms with E-state index in [2.05, 4.69) is 47.6 Å². The predicted octanol–water partition coefficient (Wildman–Crippen LogP) is 2.89. The molecule has 3 unspecified atom stereocenters. The number of Topliss-reactive ketones (excluding diaryl/α,β-unsaturated/α-hetero) is 1. The van der Waals surface area contributed by atoms with Crippen molar-refractivity contribution in [3.05, 3.63) is 30.2 Å². The summed E-state index contributed by atoms with van der Waals surface area (Å²) < 4.78 is 28.4. The average molecular weight is 783 g/mol. The van der Waals surface area contributed by atoms with Crippen molar-refractivity contribution in [3.63, 3.8) is 0 Å². The van der Waals surface area contributed by atoms with Gasteiger partial charge in [-0.2, -0.15) is 4.31 Å². The molecule has 0 bridgehead atoms. The standard InChI is InChI=1S/C39H54N6O7S2/c1-6-13-28(34(46)36(48)40-19-7-2)41-35(47)33-27-17-11-16-26(27)21-45(33)37(49)32(25-14-9-8-10-15-25)43-38(50)42-29(39-23(3)31(39)24(39)4)22-44(5)54(51,52)30-18-12-20-53-30/h1,7,12,18,20,23-29,31-33H,2,8-11,13-17,19,21-22H2,3-5H3,(H,40,48)(H,41,47)(H2,42,43,50)/t23?,24?,26-,27-,28?,29+,31?,32-,33-,39?/m0/s1. The first-order chi connectivity index (χ1) is 25.8. The summed E-state index contributed by atoms with van der Waals surface area (Å²) in [4.78, 5) is 70.1. The number of carbonyl (C=O) groups is 5. The molecule has 4 saturated carbocycles. The monoisotopic (exact) mass is 782 g/mol. The third-order valence-corrected chi connectivity index (χ3v) is 16.4. The van der Waals surface area contributed by atoms with Gasteiger partial charge < -0.3 is 26.2 Å². The number of rotatable bonds is 16. The second-order valence-electron chi connectivity index (χ2n) is 16.0. The largest absolute Gasteiger partial charge is 0.346 e. The van der Waals surface area contributed by atoms with Crippen LogP contribution in [0.25, 0.3) is 0 Å². The summed E-state index contributed by atoms with van der Waals surface area (Å²) >= 11 is 1.15. The van der Waals surface area contributed by atoms with Crippen molar-refractivity contribution >= 4 is 50.9 Å². The van der Waals surface area contributed by atoms with Gasteiger partial charge in [0, 0.05) is 38.5 Å². The second kappa shape index (κ2) is 16.2. The SMILES string of the molecule is C#CCC(NC(=O)[C@@H]1[C@H]2CCC[C@H]2CN1C(=O)[C@@H](NC(=O)N[C@H](CN(C)S(=O)(=O)c1cccs1)C12C(C)C1C2C)C1CCCCC1)C(=O)C(=O)NCC=C. The number of nitrogens with zero attached hydrogens (tertiary/aromatic N) is 2. The Labute approximate surface area is 322 Å². The van der Waals surface area contributed by atoms with E-state index in [1.165, 1.54) is 17.4 Å². The van der Waals surface area contributed by atoms with Crippen LogP contribution in [-0.4, -0.2) is 98.0 Å². The van der Waals surface area contributed by atoms with Crippen molar-refractivity contribution in [2.24, 2.45) is 40.9 Å². The van der Waals surface area contributed by atoms with Crippen molar-refractivity contribution < 1.29 is 32.4 Å². The van der Waals surface area contributed by atoms with Crippen LogP contribution < -0.4 is 21.3 Å². The van der Waals surface area contributed by atoms with E-state index >= 15 is 0 Å². The molecule has 5 amide bonds. The zero-order chi connectivity index (χ0) is 38.9. The minimum atomic E-state index is -3.77. The Balaban J connectivity index is 1.21. The summed E-state index contributed by atoms with van der Waals surface area (Å²) in [6.45, 7) is 8.30. The Morgan fingerprint density at radius 1 is 1.07 bits per heavy atom. The Kier molecular flexibility index (Phi) is 12.0. The fraction of sp³-hybridized carbons (Fsp3) is 0.667. The van der Waals surface area contributed by atoms with Gasteiger partial charge in [-0.15, -0.1) is 30.3 Å². The molecule has 294 valence electrons. The molecular weight excluding hydrogens is 729 g/mol. The highest BCUT2D eigenvalue weighted by Crippen LogP contribution is 2.85. The maximum atomic E-state index is 14.8. The van der Waals surface area contributed by atoms with Crippen molar-refractivity contribution in [2.45, 2.75) is 100 Å². The van der Waals surface area contributed by atoms with E-state index in [1.54, 1.807) is 22.4 Å². The molecule has 2 heterocycles. The number of likely N-dealkylation sites (N-methyl/N-ethyl adjacent to an activating group) is 1. The van der Waals surface area contributed by atoms with Crippen molar-refractivity contribution in [1.82, 2.24) is 30.5 Å². The molecular formula is C39H54N6O7S2. The summed E-state index contributed by atoms with van der Waals surface area (Å²) in [7, 11) is -2.23. The molecule has 1 saturated heterocycles. The van der Waals surface area contributed by atoms with Gasteiger partial charge in [-0.25, -0.2) is 13.2 Å². The van der Waals surface area contributed by atoms with Crippen molar-refractivity contribution in [3.8, 4) is 12.3 Å². The van der Waals surface area contributed by atoms with Gasteiger partial charge in [-0.3, -0.25) is 19.2 Å². The van der Waals surface area contributed by atoms with Crippen LogP contribution in [0.2, 0.25) is 0 Å². The maximum absolute atomic E-state index is 14.8. The minimum Gasteiger partial charge on any atom is -0.346 e. The average Bonchev–Trinajstić information content (AvgIpc) is 3.58. The number of thiophene rings is 1. The molecule has 1 aromatic heterocycles. The fourth-order valence-electron chi connectivity index (χ4n) is 10.4. The van der Waals surface area contributed by atoms with Gasteiger partial charge in [0.05, 0.1) is 6.04 Å². The molecule has 0 radical (unpaired) electrons. The molecule has 1 aliphatic heterocycles. The molecule has 1 aromatic rings. The zero-order valence-electron chi connectivity index (χ0n) is 31.4. The van der Waals surface area contributed by atoms with Crippen LogP contribution in [0.15, 0.2) is 34.4 Å². The maximum Gasteiger partial charge on any atom is 0.315 e. The lowest BCUT2D eigenvalue weighted by molar-refractivity contribution is -0.144. The highest BCUT2D eigenvalue weighted by atomic mass is 32.2. The van der Waals surface area contributed by atoms with Gasteiger partial charge in [0.25, 0.3) is 15.9 Å². The van der Waals surface area contributed by atoms with E-state index in [0.29, 0.717) is 24.3 Å². The molecule has 5 fully saturated rings. The van der Waals surface area contributed by atoms with E-state index < -0.39 is 57.8 Å². The molecule has 5 aliphatic rings. The fourth-order valence-corrected chi connectivity index (χ4v) is 12.8. The van der Waals surface area contributed by atoms with E-state index in [1.807, 2.05) is 0 Å². The van der Waals surface area contributed by atoms with Crippen LogP contribution >= 0.6 is 11.3 Å². The number of fused-ring (bicyclic) bond motifs is 2. The number of likely N-dealkylation sites (tertiary alicyclic amines) is 1. The van der Waals surface area contributed by atoms with E-state index in [4.69, 9.17) is 6.42 Å². The van der Waals surface area contributed by atoms with E-state index in [9.17, 15) is 32.4 Å². The molecule has 0 spiro atoms. The molecule has 4 N–H and O–H groups in total. The Morgan fingerprint density at radius 3 is 2.41 bits per heavy atom. The quantitative estimate of drug-likeness (QED) is 0.113. The van der Waals surface area contributed by atoms with Crippen LogP contribution in [0.1, 0.15) is 71.6 Å². The van der Waals surface area contributed by atoms with Gasteiger partial charge in [0.15, 0.2) is 0 Å². The lowest BCUT2D eigenvalue weighted by atomic mass is 9.83. The number of ketones is 1. The van der Waals surface area contributed by atoms with Crippen LogP contribution in [0.5, 0.6) is 0 Å². The van der Waals surface area contributed by atoms with Crippen molar-refractivity contribution in [1.29, 1.82) is 0 Å². The molecule has 54 heavy (non-hydrogen) atoms. The van der Waals surface area contributed by atoms with Gasteiger partial charge in [0.2, 0.25) is 17.6 Å². The summed E-state index contributed by atoms with van der Waals surface area (Å²) in [5, 5.41) is 13.0. The molecule has 15 heteroatoms. The van der Waals surface area contributed by atoms with Gasteiger partial charge in [-0.1, -0.05) is 51.7 Å². The second-order valence-corrected chi connectivity index (χ2v) is 19.2. The lowest BCUT2D eigenvalue weighted by Crippen LogP contribution is -2.61. The van der Waals surface area contributed by atoms with Crippen LogP contribution in [0.3, 0.4) is 0 Å². The first-order valence-corrected chi connectivity index (χ1v) is 21.6. The third kappa shape index (κ3) is 7.45. The number of amides is 5. The first kappa shape index (κ1) is 39.9. The number of hydrogen-bond donors (Lipinski definition) is 4. The van der Waals surface area contributed by atoms with Gasteiger partial charge >= 0.3 is 6.03 Å². The van der Waals surface area contributed by atoms with Crippen LogP contribution in [0.4, 0.5) is 4.79 Å². The molecule has 6 rings (SSSR count). The molecule has 13 nitrogen and oxygen atoms in total. The number of urea groups is 1. The topological polar surface area (TPSA) is 174 Å². The Hall–Kier alpha value is -3.74. The highest BCUT2D eigenvalue weighted by molar-refractivity contribution is 7.91. The summed E-state index contributed by atoms with van der Waals surface area (Å²) in [6, 6.07) is -0.828. The molecule has 0 aromatic carbocycles. The third-order valence-electron chi connectivity index (χ3n) is 13.2.